The number of ether oxygens (including phenoxy) is 2. The molecule has 0 spiro atoms. The Labute approximate surface area is 108 Å². The number of pyridine rings is 1. The fourth-order valence-electron chi connectivity index (χ4n) is 2.19. The normalized spacial score (nSPS) is 13.1. The summed E-state index contributed by atoms with van der Waals surface area (Å²) in [6.07, 6.45) is 3.71. The molecule has 4 rings (SSSR count). The molecule has 0 atom stereocenters. The van der Waals surface area contributed by atoms with Crippen LogP contribution in [0.5, 0.6) is 17.2 Å². The van der Waals surface area contributed by atoms with Crippen LogP contribution < -0.4 is 9.47 Å². The summed E-state index contributed by atoms with van der Waals surface area (Å²) >= 11 is 0. The molecule has 1 aromatic carbocycles. The lowest BCUT2D eigenvalue weighted by Crippen LogP contribution is -1.92. The molecule has 5 nitrogen and oxygen atoms in total. The average Bonchev–Trinajstić information content (AvgIpc) is 3.04. The first-order valence-electron chi connectivity index (χ1n) is 5.88. The van der Waals surface area contributed by atoms with Crippen molar-refractivity contribution in [2.75, 3.05) is 6.79 Å². The van der Waals surface area contributed by atoms with Crippen molar-refractivity contribution in [2.24, 2.45) is 0 Å². The lowest BCUT2D eigenvalue weighted by atomic mass is 10.1. The van der Waals surface area contributed by atoms with Gasteiger partial charge in [-0.25, -0.2) is 4.98 Å². The highest BCUT2D eigenvalue weighted by Gasteiger charge is 2.15. The van der Waals surface area contributed by atoms with Crippen molar-refractivity contribution in [2.45, 2.75) is 0 Å². The molecular formula is C14H10N2O3. The van der Waals surface area contributed by atoms with Crippen molar-refractivity contribution < 1.29 is 14.6 Å². The summed E-state index contributed by atoms with van der Waals surface area (Å²) in [7, 11) is 0. The number of hydrogen-bond donors (Lipinski definition) is 1. The van der Waals surface area contributed by atoms with Crippen LogP contribution in [-0.4, -0.2) is 21.3 Å². The molecule has 19 heavy (non-hydrogen) atoms. The first-order chi connectivity index (χ1) is 9.31. The predicted molar refractivity (Wildman–Crippen MR) is 68.4 cm³/mol. The van der Waals surface area contributed by atoms with Crippen LogP contribution in [0.2, 0.25) is 0 Å². The van der Waals surface area contributed by atoms with E-state index in [4.69, 9.17) is 9.47 Å². The van der Waals surface area contributed by atoms with Gasteiger partial charge in [-0.2, -0.15) is 0 Å². The third kappa shape index (κ3) is 1.52. The van der Waals surface area contributed by atoms with Gasteiger partial charge in [-0.3, -0.25) is 0 Å². The summed E-state index contributed by atoms with van der Waals surface area (Å²) in [6, 6.07) is 9.06. The molecule has 0 bridgehead atoms. The number of hydrogen-bond acceptors (Lipinski definition) is 4. The first-order valence-corrected chi connectivity index (χ1v) is 5.88. The molecule has 3 aromatic rings. The third-order valence-electron chi connectivity index (χ3n) is 3.13. The molecule has 0 unspecified atom stereocenters. The molecular weight excluding hydrogens is 244 g/mol. The summed E-state index contributed by atoms with van der Waals surface area (Å²) < 4.78 is 12.4. The van der Waals surface area contributed by atoms with Gasteiger partial charge in [0.1, 0.15) is 0 Å². The second kappa shape index (κ2) is 3.65. The average molecular weight is 254 g/mol. The van der Waals surface area contributed by atoms with Crippen LogP contribution in [0.3, 0.4) is 0 Å². The molecule has 0 saturated heterocycles. The monoisotopic (exact) mass is 254 g/mol. The first kappa shape index (κ1) is 10.3. The molecule has 0 aliphatic carbocycles. The number of aromatic hydroxyl groups is 1. The van der Waals surface area contributed by atoms with Gasteiger partial charge in [0.2, 0.25) is 6.79 Å². The van der Waals surface area contributed by atoms with Crippen LogP contribution in [0.25, 0.3) is 16.9 Å². The Bertz CT molecular complexity index is 779. The zero-order chi connectivity index (χ0) is 12.8. The number of fused-ring (bicyclic) bond motifs is 2. The highest BCUT2D eigenvalue weighted by Crippen LogP contribution is 2.35. The molecule has 1 aliphatic heterocycles. The topological polar surface area (TPSA) is 56.0 Å². The van der Waals surface area contributed by atoms with Gasteiger partial charge in [0.05, 0.1) is 5.69 Å². The molecule has 2 aromatic heterocycles. The summed E-state index contributed by atoms with van der Waals surface area (Å²) in [5, 5.41) is 9.76. The van der Waals surface area contributed by atoms with Crippen molar-refractivity contribution >= 4 is 5.65 Å². The van der Waals surface area contributed by atoms with Crippen molar-refractivity contribution in [1.82, 2.24) is 9.38 Å². The molecule has 5 heteroatoms. The van der Waals surface area contributed by atoms with Crippen LogP contribution in [0.1, 0.15) is 0 Å². The van der Waals surface area contributed by atoms with E-state index in [9.17, 15) is 5.11 Å². The Balaban J connectivity index is 1.88. The van der Waals surface area contributed by atoms with E-state index >= 15 is 0 Å². The van der Waals surface area contributed by atoms with Gasteiger partial charge in [-0.1, -0.05) is 0 Å². The molecule has 3 heterocycles. The Morgan fingerprint density at radius 2 is 2.05 bits per heavy atom. The number of nitrogens with zero attached hydrogens (tertiary/aromatic N) is 2. The van der Waals surface area contributed by atoms with Gasteiger partial charge in [0.15, 0.2) is 22.9 Å². The van der Waals surface area contributed by atoms with Crippen LogP contribution in [0, 0.1) is 0 Å². The molecule has 94 valence electrons. The van der Waals surface area contributed by atoms with E-state index < -0.39 is 0 Å². The fourth-order valence-corrected chi connectivity index (χ4v) is 2.19. The van der Waals surface area contributed by atoms with Crippen molar-refractivity contribution in [3.05, 3.63) is 42.7 Å². The summed E-state index contributed by atoms with van der Waals surface area (Å²) in [5.74, 6) is 1.63. The SMILES string of the molecule is Oc1cccn2cc(-c3ccc4c(c3)OCO4)nc12. The second-order valence-corrected chi connectivity index (χ2v) is 4.32. The molecule has 1 aliphatic rings. The van der Waals surface area contributed by atoms with Crippen LogP contribution in [-0.2, 0) is 0 Å². The Morgan fingerprint density at radius 1 is 1.16 bits per heavy atom. The number of rotatable bonds is 1. The van der Waals surface area contributed by atoms with Crippen molar-refractivity contribution in [3.63, 3.8) is 0 Å². The summed E-state index contributed by atoms with van der Waals surface area (Å²) in [6.45, 7) is 0.255. The fraction of sp³-hybridized carbons (Fsp3) is 0.0714. The van der Waals surface area contributed by atoms with E-state index in [1.165, 1.54) is 0 Å². The van der Waals surface area contributed by atoms with Crippen molar-refractivity contribution in [1.29, 1.82) is 0 Å². The van der Waals surface area contributed by atoms with Gasteiger partial charge < -0.3 is 19.0 Å². The summed E-state index contributed by atoms with van der Waals surface area (Å²) in [5.41, 5.74) is 2.24. The van der Waals surface area contributed by atoms with E-state index in [-0.39, 0.29) is 12.5 Å². The Kier molecular flexibility index (Phi) is 1.97. The lowest BCUT2D eigenvalue weighted by molar-refractivity contribution is 0.174. The summed E-state index contributed by atoms with van der Waals surface area (Å²) in [4.78, 5) is 4.42. The van der Waals surface area contributed by atoms with Gasteiger partial charge in [0.25, 0.3) is 0 Å². The molecule has 0 saturated carbocycles. The zero-order valence-electron chi connectivity index (χ0n) is 9.91. The Hall–Kier alpha value is -2.69. The van der Waals surface area contributed by atoms with Gasteiger partial charge >= 0.3 is 0 Å². The molecule has 0 fully saturated rings. The van der Waals surface area contributed by atoms with Crippen LogP contribution in [0.4, 0.5) is 0 Å². The predicted octanol–water partition coefficient (Wildman–Crippen LogP) is 2.44. The number of aromatic nitrogens is 2. The van der Waals surface area contributed by atoms with Crippen molar-refractivity contribution in [3.8, 4) is 28.5 Å². The van der Waals surface area contributed by atoms with E-state index in [0.717, 1.165) is 22.8 Å². The lowest BCUT2D eigenvalue weighted by Gasteiger charge is -1.98. The van der Waals surface area contributed by atoms with E-state index in [0.29, 0.717) is 5.65 Å². The standard InChI is InChI=1S/C14H10N2O3/c17-11-2-1-5-16-7-10(15-14(11)16)9-3-4-12-13(6-9)19-8-18-12/h1-7,17H,8H2. The minimum absolute atomic E-state index is 0.162. The highest BCUT2D eigenvalue weighted by molar-refractivity contribution is 5.68. The smallest absolute Gasteiger partial charge is 0.231 e. The van der Waals surface area contributed by atoms with Crippen LogP contribution in [0.15, 0.2) is 42.7 Å². The molecule has 0 amide bonds. The third-order valence-corrected chi connectivity index (χ3v) is 3.13. The second-order valence-electron chi connectivity index (χ2n) is 4.32. The van der Waals surface area contributed by atoms with E-state index in [2.05, 4.69) is 4.98 Å². The number of benzene rings is 1. The van der Waals surface area contributed by atoms with Gasteiger partial charge in [-0.15, -0.1) is 0 Å². The molecule has 1 N–H and O–H groups in total. The maximum atomic E-state index is 9.76. The minimum atomic E-state index is 0.162. The van der Waals surface area contributed by atoms with Gasteiger partial charge in [0, 0.05) is 18.0 Å². The number of imidazole rings is 1. The highest BCUT2D eigenvalue weighted by atomic mass is 16.7. The van der Waals surface area contributed by atoms with E-state index in [1.54, 1.807) is 16.5 Å². The Morgan fingerprint density at radius 3 is 2.95 bits per heavy atom. The largest absolute Gasteiger partial charge is 0.504 e. The minimum Gasteiger partial charge on any atom is -0.504 e. The quantitative estimate of drug-likeness (QED) is 0.724. The van der Waals surface area contributed by atoms with Gasteiger partial charge in [-0.05, 0) is 30.3 Å². The van der Waals surface area contributed by atoms with Crippen LogP contribution >= 0.6 is 0 Å². The maximum Gasteiger partial charge on any atom is 0.231 e. The molecule has 0 radical (unpaired) electrons. The van der Waals surface area contributed by atoms with E-state index in [1.807, 2.05) is 30.6 Å². The zero-order valence-corrected chi connectivity index (χ0v) is 9.91. The maximum absolute atomic E-state index is 9.76.